The fraction of sp³-hybridized carbons (Fsp3) is 0.652. The summed E-state index contributed by atoms with van der Waals surface area (Å²) in [6, 6.07) is 6.52. The molecule has 1 aromatic rings. The number of nitrogens with zero attached hydrogens (tertiary/aromatic N) is 3. The van der Waals surface area contributed by atoms with E-state index in [4.69, 9.17) is 0 Å². The lowest BCUT2D eigenvalue weighted by atomic mass is 9.95. The van der Waals surface area contributed by atoms with E-state index in [1.54, 1.807) is 23.1 Å². The van der Waals surface area contributed by atoms with Crippen LogP contribution in [0.1, 0.15) is 50.5 Å². The monoisotopic (exact) mass is 403 g/mol. The number of carbonyl (C=O) groups excluding carboxylic acids is 2. The van der Waals surface area contributed by atoms with Gasteiger partial charge in [0.1, 0.15) is 5.82 Å². The van der Waals surface area contributed by atoms with Gasteiger partial charge in [-0.1, -0.05) is 31.0 Å². The first-order chi connectivity index (χ1) is 14.0. The van der Waals surface area contributed by atoms with E-state index in [2.05, 4.69) is 4.90 Å². The number of hydrogen-bond acceptors (Lipinski definition) is 3. The molecule has 2 fully saturated rings. The van der Waals surface area contributed by atoms with Crippen LogP contribution in [0.5, 0.6) is 0 Å². The number of amides is 2. The van der Waals surface area contributed by atoms with Crippen molar-refractivity contribution in [2.45, 2.75) is 51.5 Å². The standard InChI is InChI=1S/C23H34FN3O2/c1-25(13-8-16-26-14-6-2-3-7-15-26)23(29)20-11-12-22(28)27(18-20)17-19-9-4-5-10-21(19)24/h4-5,9-10,20H,2-3,6-8,11-18H2,1H3/t20-/m0/s1. The molecule has 5 nitrogen and oxygen atoms in total. The average Bonchev–Trinajstić information content (AvgIpc) is 2.99. The summed E-state index contributed by atoms with van der Waals surface area (Å²) in [5.41, 5.74) is 0.500. The Bertz CT molecular complexity index is 688. The molecule has 0 aromatic heterocycles. The van der Waals surface area contributed by atoms with E-state index in [0.29, 0.717) is 24.9 Å². The molecule has 0 saturated carbocycles. The van der Waals surface area contributed by atoms with Crippen molar-refractivity contribution in [3.8, 4) is 0 Å². The Hall–Kier alpha value is -1.95. The normalized spacial score (nSPS) is 21.1. The summed E-state index contributed by atoms with van der Waals surface area (Å²) < 4.78 is 14.0. The van der Waals surface area contributed by atoms with Crippen LogP contribution in [0.2, 0.25) is 0 Å². The van der Waals surface area contributed by atoms with Crippen molar-refractivity contribution in [2.75, 3.05) is 39.8 Å². The van der Waals surface area contributed by atoms with E-state index in [9.17, 15) is 14.0 Å². The molecule has 0 N–H and O–H groups in total. The first kappa shape index (κ1) is 21.8. The fourth-order valence-corrected chi connectivity index (χ4v) is 4.41. The number of carbonyl (C=O) groups is 2. The maximum atomic E-state index is 14.0. The average molecular weight is 404 g/mol. The topological polar surface area (TPSA) is 43.9 Å². The summed E-state index contributed by atoms with van der Waals surface area (Å²) in [4.78, 5) is 31.2. The van der Waals surface area contributed by atoms with Crippen LogP contribution in [-0.4, -0.2) is 66.3 Å². The van der Waals surface area contributed by atoms with Crippen LogP contribution in [0.4, 0.5) is 4.39 Å². The number of halogens is 1. The Morgan fingerprint density at radius 1 is 1.17 bits per heavy atom. The van der Waals surface area contributed by atoms with Gasteiger partial charge in [-0.2, -0.15) is 0 Å². The lowest BCUT2D eigenvalue weighted by Gasteiger charge is -2.34. The van der Waals surface area contributed by atoms with Crippen molar-refractivity contribution in [2.24, 2.45) is 5.92 Å². The summed E-state index contributed by atoms with van der Waals surface area (Å²) >= 11 is 0. The Labute approximate surface area is 173 Å². The molecule has 3 rings (SSSR count). The van der Waals surface area contributed by atoms with Gasteiger partial charge in [0.2, 0.25) is 11.8 Å². The summed E-state index contributed by atoms with van der Waals surface area (Å²) in [5, 5.41) is 0. The third-order valence-electron chi connectivity index (χ3n) is 6.21. The highest BCUT2D eigenvalue weighted by molar-refractivity contribution is 5.83. The Kier molecular flexibility index (Phi) is 8.04. The first-order valence-corrected chi connectivity index (χ1v) is 11.0. The van der Waals surface area contributed by atoms with E-state index in [0.717, 1.165) is 19.5 Å². The molecule has 2 aliphatic heterocycles. The largest absolute Gasteiger partial charge is 0.345 e. The smallest absolute Gasteiger partial charge is 0.227 e. The molecular weight excluding hydrogens is 369 g/mol. The third-order valence-corrected chi connectivity index (χ3v) is 6.21. The summed E-state index contributed by atoms with van der Waals surface area (Å²) in [6.07, 6.45) is 7.14. The predicted molar refractivity (Wildman–Crippen MR) is 112 cm³/mol. The molecule has 160 valence electrons. The second-order valence-electron chi connectivity index (χ2n) is 8.47. The first-order valence-electron chi connectivity index (χ1n) is 11.0. The molecule has 0 unspecified atom stereocenters. The quantitative estimate of drug-likeness (QED) is 0.702. The van der Waals surface area contributed by atoms with E-state index < -0.39 is 0 Å². The molecule has 1 atom stereocenters. The van der Waals surface area contributed by atoms with Crippen molar-refractivity contribution in [3.63, 3.8) is 0 Å². The molecule has 2 amide bonds. The van der Waals surface area contributed by atoms with Gasteiger partial charge in [0.25, 0.3) is 0 Å². The molecule has 0 aliphatic carbocycles. The van der Waals surface area contributed by atoms with Crippen molar-refractivity contribution in [1.82, 2.24) is 14.7 Å². The second-order valence-corrected chi connectivity index (χ2v) is 8.47. The van der Waals surface area contributed by atoms with Crippen LogP contribution in [0.25, 0.3) is 0 Å². The number of piperidine rings is 1. The third kappa shape index (κ3) is 6.26. The minimum atomic E-state index is -0.306. The number of hydrogen-bond donors (Lipinski definition) is 0. The highest BCUT2D eigenvalue weighted by Crippen LogP contribution is 2.22. The molecule has 0 radical (unpaired) electrons. The summed E-state index contributed by atoms with van der Waals surface area (Å²) in [6.45, 7) is 4.74. The molecule has 6 heteroatoms. The van der Waals surface area contributed by atoms with E-state index >= 15 is 0 Å². The maximum absolute atomic E-state index is 14.0. The van der Waals surface area contributed by atoms with Gasteiger partial charge < -0.3 is 14.7 Å². The summed E-state index contributed by atoms with van der Waals surface area (Å²) in [5.74, 6) is -0.393. The van der Waals surface area contributed by atoms with Crippen molar-refractivity contribution < 1.29 is 14.0 Å². The Balaban J connectivity index is 1.47. The Morgan fingerprint density at radius 2 is 1.90 bits per heavy atom. The minimum absolute atomic E-state index is 0.00104. The van der Waals surface area contributed by atoms with E-state index in [-0.39, 0.29) is 30.1 Å². The lowest BCUT2D eigenvalue weighted by molar-refractivity contribution is -0.142. The number of benzene rings is 1. The molecule has 29 heavy (non-hydrogen) atoms. The Morgan fingerprint density at radius 3 is 2.62 bits per heavy atom. The zero-order valence-corrected chi connectivity index (χ0v) is 17.6. The van der Waals surface area contributed by atoms with Crippen LogP contribution < -0.4 is 0 Å². The van der Waals surface area contributed by atoms with Crippen LogP contribution >= 0.6 is 0 Å². The molecular formula is C23H34FN3O2. The van der Waals surface area contributed by atoms with Crippen LogP contribution in [-0.2, 0) is 16.1 Å². The van der Waals surface area contributed by atoms with E-state index in [1.807, 2.05) is 11.9 Å². The molecule has 2 saturated heterocycles. The minimum Gasteiger partial charge on any atom is -0.345 e. The van der Waals surface area contributed by atoms with Crippen LogP contribution in [0.15, 0.2) is 24.3 Å². The van der Waals surface area contributed by atoms with Crippen molar-refractivity contribution in [3.05, 3.63) is 35.6 Å². The maximum Gasteiger partial charge on any atom is 0.227 e. The van der Waals surface area contributed by atoms with Gasteiger partial charge >= 0.3 is 0 Å². The molecule has 1 aromatic carbocycles. The molecule has 2 aliphatic rings. The van der Waals surface area contributed by atoms with Gasteiger partial charge in [0.15, 0.2) is 0 Å². The second kappa shape index (κ2) is 10.7. The van der Waals surface area contributed by atoms with Crippen LogP contribution in [0, 0.1) is 11.7 Å². The van der Waals surface area contributed by atoms with Gasteiger partial charge in [-0.3, -0.25) is 9.59 Å². The van der Waals surface area contributed by atoms with E-state index in [1.165, 1.54) is 44.8 Å². The van der Waals surface area contributed by atoms with Crippen molar-refractivity contribution >= 4 is 11.8 Å². The highest BCUT2D eigenvalue weighted by atomic mass is 19.1. The highest BCUT2D eigenvalue weighted by Gasteiger charge is 2.32. The van der Waals surface area contributed by atoms with Gasteiger partial charge in [-0.25, -0.2) is 4.39 Å². The molecule has 0 bridgehead atoms. The zero-order chi connectivity index (χ0) is 20.6. The fourth-order valence-electron chi connectivity index (χ4n) is 4.41. The zero-order valence-electron chi connectivity index (χ0n) is 17.6. The van der Waals surface area contributed by atoms with Crippen LogP contribution in [0.3, 0.4) is 0 Å². The van der Waals surface area contributed by atoms with Gasteiger partial charge in [-0.05, 0) is 51.4 Å². The SMILES string of the molecule is CN(CCCN1CCCCCC1)C(=O)[C@H]1CCC(=O)N(Cc2ccccc2F)C1. The number of rotatable bonds is 7. The van der Waals surface area contributed by atoms with Crippen molar-refractivity contribution in [1.29, 1.82) is 0 Å². The number of likely N-dealkylation sites (tertiary alicyclic amines) is 2. The predicted octanol–water partition coefficient (Wildman–Crippen LogP) is 3.29. The van der Waals surface area contributed by atoms with Gasteiger partial charge in [0.05, 0.1) is 5.92 Å². The molecule has 2 heterocycles. The molecule has 0 spiro atoms. The van der Waals surface area contributed by atoms with Gasteiger partial charge in [0, 0.05) is 38.7 Å². The van der Waals surface area contributed by atoms with Gasteiger partial charge in [-0.15, -0.1) is 0 Å². The summed E-state index contributed by atoms with van der Waals surface area (Å²) in [7, 11) is 1.86. The lowest BCUT2D eigenvalue weighted by Crippen LogP contribution is -2.46.